The lowest BCUT2D eigenvalue weighted by Crippen LogP contribution is -2.47. The minimum atomic E-state index is -0.751. The van der Waals surface area contributed by atoms with Crippen molar-refractivity contribution in [3.63, 3.8) is 0 Å². The fraction of sp³-hybridized carbons (Fsp3) is 0.818. The van der Waals surface area contributed by atoms with Crippen LogP contribution in [0, 0.1) is 5.41 Å². The molecular weight excluding hydrogens is 224 g/mol. The summed E-state index contributed by atoms with van der Waals surface area (Å²) >= 11 is 4.34. The number of hydrogen-bond donors (Lipinski definition) is 2. The van der Waals surface area contributed by atoms with Crippen molar-refractivity contribution in [1.82, 2.24) is 10.2 Å². The first kappa shape index (κ1) is 11.8. The molecule has 5 heteroatoms. The van der Waals surface area contributed by atoms with Crippen molar-refractivity contribution in [3.8, 4) is 0 Å². The minimum Gasteiger partial charge on any atom is -0.324 e. The molecule has 1 saturated carbocycles. The van der Waals surface area contributed by atoms with Crippen LogP contribution in [0.2, 0.25) is 0 Å². The van der Waals surface area contributed by atoms with Gasteiger partial charge >= 0.3 is 6.03 Å². The Balaban J connectivity index is 2.11. The molecule has 2 rings (SSSR count). The third-order valence-corrected chi connectivity index (χ3v) is 4.36. The summed E-state index contributed by atoms with van der Waals surface area (Å²) in [6.45, 7) is 3.99. The van der Waals surface area contributed by atoms with Crippen molar-refractivity contribution in [1.29, 1.82) is 0 Å². The van der Waals surface area contributed by atoms with Gasteiger partial charge in [0.05, 0.1) is 0 Å². The molecule has 2 fully saturated rings. The Morgan fingerprint density at radius 3 is 2.31 bits per heavy atom. The minimum absolute atomic E-state index is 0.0660. The molecule has 1 N–H and O–H groups in total. The Kier molecular flexibility index (Phi) is 2.69. The molecule has 0 radical (unpaired) electrons. The van der Waals surface area contributed by atoms with Gasteiger partial charge in [-0.1, -0.05) is 6.42 Å². The van der Waals surface area contributed by atoms with Gasteiger partial charge in [0.25, 0.3) is 5.91 Å². The molecule has 1 aliphatic heterocycles. The monoisotopic (exact) mass is 242 g/mol. The largest absolute Gasteiger partial charge is 0.325 e. The summed E-state index contributed by atoms with van der Waals surface area (Å²) in [6, 6.07) is -0.261. The molecule has 0 aromatic heterocycles. The molecule has 1 heterocycles. The highest BCUT2D eigenvalue weighted by Crippen LogP contribution is 2.43. The highest BCUT2D eigenvalue weighted by molar-refractivity contribution is 7.80. The van der Waals surface area contributed by atoms with Crippen LogP contribution in [0.25, 0.3) is 0 Å². The Labute approximate surface area is 101 Å². The van der Waals surface area contributed by atoms with Crippen molar-refractivity contribution < 1.29 is 9.59 Å². The molecular formula is C11H18N2O2S. The predicted octanol–water partition coefficient (Wildman–Crippen LogP) is 1.42. The van der Waals surface area contributed by atoms with Crippen molar-refractivity contribution in [2.45, 2.75) is 38.6 Å². The van der Waals surface area contributed by atoms with Crippen LogP contribution in [0.1, 0.15) is 33.1 Å². The molecule has 2 aliphatic rings. The summed E-state index contributed by atoms with van der Waals surface area (Å²) in [5.74, 6) is 0.621. The Bertz CT molecular complexity index is 331. The molecule has 0 bridgehead atoms. The highest BCUT2D eigenvalue weighted by atomic mass is 32.1. The number of carbonyl (C=O) groups excluding carboxylic acids is 2. The molecule has 4 nitrogen and oxygen atoms in total. The maximum atomic E-state index is 12.0. The van der Waals surface area contributed by atoms with Gasteiger partial charge in [-0.05, 0) is 37.9 Å². The van der Waals surface area contributed by atoms with E-state index in [0.717, 1.165) is 18.6 Å². The summed E-state index contributed by atoms with van der Waals surface area (Å²) in [5, 5.41) is 2.70. The van der Waals surface area contributed by atoms with Gasteiger partial charge in [0.15, 0.2) is 0 Å². The van der Waals surface area contributed by atoms with E-state index in [4.69, 9.17) is 0 Å². The lowest BCUT2D eigenvalue weighted by molar-refractivity contribution is -0.131. The quantitative estimate of drug-likeness (QED) is 0.581. The zero-order chi connectivity index (χ0) is 12.0. The molecule has 1 aliphatic carbocycles. The van der Waals surface area contributed by atoms with Crippen molar-refractivity contribution in [2.75, 3.05) is 12.3 Å². The lowest BCUT2D eigenvalue weighted by atomic mass is 9.70. The van der Waals surface area contributed by atoms with Gasteiger partial charge in [-0.25, -0.2) is 4.79 Å². The average molecular weight is 242 g/mol. The number of urea groups is 1. The average Bonchev–Trinajstić information content (AvgIpc) is 2.32. The van der Waals surface area contributed by atoms with E-state index in [0.29, 0.717) is 6.54 Å². The van der Waals surface area contributed by atoms with Crippen LogP contribution < -0.4 is 5.32 Å². The van der Waals surface area contributed by atoms with E-state index in [2.05, 4.69) is 17.9 Å². The Morgan fingerprint density at radius 2 is 2.00 bits per heavy atom. The molecule has 0 aromatic rings. The second kappa shape index (κ2) is 3.65. The van der Waals surface area contributed by atoms with Crippen LogP contribution in [-0.4, -0.2) is 34.7 Å². The standard InChI is InChI=1S/C11H18N2O2S/c1-10(2)8(14)13(9(15)12-10)6-11(7-16)4-3-5-11/h16H,3-7H2,1-2H3,(H,12,15). The first-order chi connectivity index (χ1) is 7.40. The normalized spacial score (nSPS) is 26.6. The van der Waals surface area contributed by atoms with Crippen molar-refractivity contribution in [2.24, 2.45) is 5.41 Å². The SMILES string of the molecule is CC1(C)NC(=O)N(CC2(CS)CCC2)C1=O. The van der Waals surface area contributed by atoms with Crippen LogP contribution >= 0.6 is 12.6 Å². The predicted molar refractivity (Wildman–Crippen MR) is 64.5 cm³/mol. The van der Waals surface area contributed by atoms with E-state index in [1.54, 1.807) is 13.8 Å². The van der Waals surface area contributed by atoms with Crippen LogP contribution in [0.5, 0.6) is 0 Å². The second-order valence-electron chi connectivity index (χ2n) is 5.46. The van der Waals surface area contributed by atoms with Crippen LogP contribution in [0.4, 0.5) is 4.79 Å². The summed E-state index contributed by atoms with van der Waals surface area (Å²) in [7, 11) is 0. The number of thiol groups is 1. The van der Waals surface area contributed by atoms with E-state index in [1.807, 2.05) is 0 Å². The van der Waals surface area contributed by atoms with E-state index in [9.17, 15) is 9.59 Å². The molecule has 1 saturated heterocycles. The third kappa shape index (κ3) is 1.71. The third-order valence-electron chi connectivity index (χ3n) is 3.69. The molecule has 0 spiro atoms. The molecule has 0 atom stereocenters. The second-order valence-corrected chi connectivity index (χ2v) is 5.77. The topological polar surface area (TPSA) is 49.4 Å². The summed E-state index contributed by atoms with van der Waals surface area (Å²) < 4.78 is 0. The number of nitrogens with zero attached hydrogens (tertiary/aromatic N) is 1. The Morgan fingerprint density at radius 1 is 1.38 bits per heavy atom. The van der Waals surface area contributed by atoms with Crippen molar-refractivity contribution >= 4 is 24.6 Å². The van der Waals surface area contributed by atoms with Gasteiger partial charge in [0, 0.05) is 6.54 Å². The highest BCUT2D eigenvalue weighted by Gasteiger charge is 2.48. The number of carbonyl (C=O) groups is 2. The first-order valence-corrected chi connectivity index (χ1v) is 6.28. The van der Waals surface area contributed by atoms with Crippen LogP contribution in [-0.2, 0) is 4.79 Å². The number of rotatable bonds is 3. The lowest BCUT2D eigenvalue weighted by Gasteiger charge is -2.42. The van der Waals surface area contributed by atoms with E-state index < -0.39 is 5.54 Å². The molecule has 0 unspecified atom stereocenters. The summed E-state index contributed by atoms with van der Waals surface area (Å²) in [5.41, 5.74) is -0.685. The zero-order valence-electron chi connectivity index (χ0n) is 9.75. The van der Waals surface area contributed by atoms with Crippen LogP contribution in [0.15, 0.2) is 0 Å². The number of amides is 3. The molecule has 0 aromatic carbocycles. The first-order valence-electron chi connectivity index (χ1n) is 5.65. The maximum Gasteiger partial charge on any atom is 0.325 e. The van der Waals surface area contributed by atoms with Gasteiger partial charge in [-0.15, -0.1) is 0 Å². The van der Waals surface area contributed by atoms with Crippen molar-refractivity contribution in [3.05, 3.63) is 0 Å². The van der Waals surface area contributed by atoms with E-state index >= 15 is 0 Å². The number of nitrogens with one attached hydrogen (secondary N) is 1. The zero-order valence-corrected chi connectivity index (χ0v) is 10.6. The van der Waals surface area contributed by atoms with E-state index in [1.165, 1.54) is 11.3 Å². The Hall–Kier alpha value is -0.710. The van der Waals surface area contributed by atoms with Crippen LogP contribution in [0.3, 0.4) is 0 Å². The van der Waals surface area contributed by atoms with E-state index in [-0.39, 0.29) is 17.4 Å². The fourth-order valence-corrected chi connectivity index (χ4v) is 2.76. The number of hydrogen-bond acceptors (Lipinski definition) is 3. The maximum absolute atomic E-state index is 12.0. The van der Waals surface area contributed by atoms with Gasteiger partial charge in [-0.3, -0.25) is 9.69 Å². The molecule has 16 heavy (non-hydrogen) atoms. The molecule has 3 amide bonds. The summed E-state index contributed by atoms with van der Waals surface area (Å²) in [4.78, 5) is 25.0. The summed E-state index contributed by atoms with van der Waals surface area (Å²) in [6.07, 6.45) is 3.30. The smallest absolute Gasteiger partial charge is 0.324 e. The molecule has 90 valence electrons. The van der Waals surface area contributed by atoms with Gasteiger partial charge in [-0.2, -0.15) is 12.6 Å². The van der Waals surface area contributed by atoms with Gasteiger partial charge < -0.3 is 5.32 Å². The number of imide groups is 1. The fourth-order valence-electron chi connectivity index (χ4n) is 2.34. The van der Waals surface area contributed by atoms with Gasteiger partial charge in [0.2, 0.25) is 0 Å². The van der Waals surface area contributed by atoms with Gasteiger partial charge in [0.1, 0.15) is 5.54 Å².